The van der Waals surface area contributed by atoms with Crippen molar-refractivity contribution >= 4 is 5.69 Å². The van der Waals surface area contributed by atoms with Crippen molar-refractivity contribution in [2.24, 2.45) is 5.92 Å². The van der Waals surface area contributed by atoms with Crippen LogP contribution in [0.4, 0.5) is 18.9 Å². The van der Waals surface area contributed by atoms with Crippen molar-refractivity contribution in [3.63, 3.8) is 0 Å². The quantitative estimate of drug-likeness (QED) is 0.882. The van der Waals surface area contributed by atoms with Crippen molar-refractivity contribution in [1.29, 1.82) is 0 Å². The topological polar surface area (TPSA) is 23.5 Å². The molecule has 0 radical (unpaired) electrons. The molecular formula is C13H16F3NO. The predicted molar refractivity (Wildman–Crippen MR) is 63.5 cm³/mol. The first kappa shape index (κ1) is 13.2. The lowest BCUT2D eigenvalue weighted by Crippen LogP contribution is -2.34. The van der Waals surface area contributed by atoms with Crippen molar-refractivity contribution in [2.75, 3.05) is 24.6 Å². The summed E-state index contributed by atoms with van der Waals surface area (Å²) in [6.07, 6.45) is -2.50. The number of hydrogen-bond acceptors (Lipinski definition) is 2. The van der Waals surface area contributed by atoms with Crippen LogP contribution in [0.2, 0.25) is 0 Å². The zero-order valence-electron chi connectivity index (χ0n) is 9.95. The van der Waals surface area contributed by atoms with E-state index >= 15 is 0 Å². The zero-order chi connectivity index (χ0) is 13.2. The highest BCUT2D eigenvalue weighted by atomic mass is 19.4. The van der Waals surface area contributed by atoms with Gasteiger partial charge in [-0.2, -0.15) is 13.2 Å². The van der Waals surface area contributed by atoms with Crippen LogP contribution < -0.4 is 4.90 Å². The summed E-state index contributed by atoms with van der Waals surface area (Å²) in [7, 11) is 0. The largest absolute Gasteiger partial charge is 0.416 e. The summed E-state index contributed by atoms with van der Waals surface area (Å²) in [4.78, 5) is 2.06. The number of hydrogen-bond donors (Lipinski definition) is 1. The lowest BCUT2D eigenvalue weighted by molar-refractivity contribution is -0.137. The lowest BCUT2D eigenvalue weighted by atomic mass is 9.97. The van der Waals surface area contributed by atoms with Crippen LogP contribution in [-0.4, -0.2) is 24.8 Å². The molecule has 100 valence electrons. The Kier molecular flexibility index (Phi) is 3.80. The summed E-state index contributed by atoms with van der Waals surface area (Å²) < 4.78 is 37.3. The minimum Gasteiger partial charge on any atom is -0.396 e. The van der Waals surface area contributed by atoms with E-state index in [2.05, 4.69) is 4.90 Å². The fraction of sp³-hybridized carbons (Fsp3) is 0.538. The Bertz CT molecular complexity index is 380. The van der Waals surface area contributed by atoms with Crippen LogP contribution in [0.25, 0.3) is 0 Å². The van der Waals surface area contributed by atoms with Gasteiger partial charge in [0.05, 0.1) is 5.56 Å². The van der Waals surface area contributed by atoms with Gasteiger partial charge in [0.1, 0.15) is 0 Å². The zero-order valence-corrected chi connectivity index (χ0v) is 9.95. The van der Waals surface area contributed by atoms with Crippen LogP contribution in [0.3, 0.4) is 0 Å². The maximum absolute atomic E-state index is 12.4. The monoisotopic (exact) mass is 259 g/mol. The first-order valence-corrected chi connectivity index (χ1v) is 6.04. The van der Waals surface area contributed by atoms with Crippen molar-refractivity contribution in [3.05, 3.63) is 29.8 Å². The third kappa shape index (κ3) is 2.96. The van der Waals surface area contributed by atoms with E-state index in [0.29, 0.717) is 5.92 Å². The maximum Gasteiger partial charge on any atom is 0.416 e. The third-order valence-electron chi connectivity index (χ3n) is 3.43. The molecule has 5 heteroatoms. The van der Waals surface area contributed by atoms with Gasteiger partial charge in [-0.1, -0.05) is 0 Å². The molecule has 1 N–H and O–H groups in total. The third-order valence-corrected chi connectivity index (χ3v) is 3.43. The fourth-order valence-corrected chi connectivity index (χ4v) is 2.23. The molecule has 1 aliphatic rings. The van der Waals surface area contributed by atoms with E-state index in [-0.39, 0.29) is 6.61 Å². The second-order valence-corrected chi connectivity index (χ2v) is 4.66. The van der Waals surface area contributed by atoms with Crippen molar-refractivity contribution < 1.29 is 18.3 Å². The Hall–Kier alpha value is -1.23. The minimum atomic E-state index is -4.28. The number of benzene rings is 1. The Morgan fingerprint density at radius 3 is 2.11 bits per heavy atom. The van der Waals surface area contributed by atoms with Gasteiger partial charge < -0.3 is 10.0 Å². The van der Waals surface area contributed by atoms with Gasteiger partial charge in [-0.3, -0.25) is 0 Å². The molecule has 0 atom stereocenters. The molecule has 1 aromatic rings. The smallest absolute Gasteiger partial charge is 0.396 e. The van der Waals surface area contributed by atoms with E-state index in [1.165, 1.54) is 12.1 Å². The van der Waals surface area contributed by atoms with Gasteiger partial charge in [-0.05, 0) is 43.0 Å². The highest BCUT2D eigenvalue weighted by Crippen LogP contribution is 2.31. The summed E-state index contributed by atoms with van der Waals surface area (Å²) in [5.41, 5.74) is 0.205. The van der Waals surface area contributed by atoms with Gasteiger partial charge in [0, 0.05) is 25.4 Å². The molecule has 1 aliphatic heterocycles. The average Bonchev–Trinajstić information content (AvgIpc) is 2.38. The molecule has 1 aromatic carbocycles. The number of aliphatic hydroxyl groups is 1. The molecule has 0 bridgehead atoms. The van der Waals surface area contributed by atoms with Crippen molar-refractivity contribution in [3.8, 4) is 0 Å². The molecule has 2 nitrogen and oxygen atoms in total. The Morgan fingerprint density at radius 2 is 1.67 bits per heavy atom. The Labute approximate surface area is 104 Å². The summed E-state index contributed by atoms with van der Waals surface area (Å²) >= 11 is 0. The van der Waals surface area contributed by atoms with Crippen LogP contribution in [-0.2, 0) is 6.18 Å². The number of aliphatic hydroxyl groups excluding tert-OH is 1. The molecule has 1 saturated heterocycles. The number of alkyl halides is 3. The molecule has 0 unspecified atom stereocenters. The SMILES string of the molecule is OCC1CCN(c2ccc(C(F)(F)F)cc2)CC1. The second kappa shape index (κ2) is 5.18. The summed E-state index contributed by atoms with van der Waals surface area (Å²) in [6.45, 7) is 1.77. The van der Waals surface area contributed by atoms with Gasteiger partial charge in [-0.15, -0.1) is 0 Å². The normalized spacial score (nSPS) is 18.1. The summed E-state index contributed by atoms with van der Waals surface area (Å²) in [5.74, 6) is 0.329. The molecule has 0 amide bonds. The number of piperidine rings is 1. The molecule has 1 heterocycles. The number of rotatable bonds is 2. The first-order valence-electron chi connectivity index (χ1n) is 6.04. The van der Waals surface area contributed by atoms with E-state index in [4.69, 9.17) is 5.11 Å². The number of anilines is 1. The van der Waals surface area contributed by atoms with Crippen LogP contribution in [0.1, 0.15) is 18.4 Å². The molecule has 0 aromatic heterocycles. The van der Waals surface area contributed by atoms with Gasteiger partial charge in [0.2, 0.25) is 0 Å². The standard InChI is InChI=1S/C13H16F3NO/c14-13(15,16)11-1-3-12(4-2-11)17-7-5-10(9-18)6-8-17/h1-4,10,18H,5-9H2. The Balaban J connectivity index is 2.02. The minimum absolute atomic E-state index is 0.195. The summed E-state index contributed by atoms with van der Waals surface area (Å²) in [6, 6.07) is 5.27. The van der Waals surface area contributed by atoms with E-state index in [1.807, 2.05) is 0 Å². The van der Waals surface area contributed by atoms with E-state index in [9.17, 15) is 13.2 Å². The lowest BCUT2D eigenvalue weighted by Gasteiger charge is -2.33. The fourth-order valence-electron chi connectivity index (χ4n) is 2.23. The van der Waals surface area contributed by atoms with Gasteiger partial charge in [0.15, 0.2) is 0 Å². The molecule has 0 aliphatic carbocycles. The van der Waals surface area contributed by atoms with Crippen LogP contribution in [0.15, 0.2) is 24.3 Å². The molecule has 0 spiro atoms. The van der Waals surface area contributed by atoms with Gasteiger partial charge in [-0.25, -0.2) is 0 Å². The maximum atomic E-state index is 12.4. The first-order chi connectivity index (χ1) is 8.50. The summed E-state index contributed by atoms with van der Waals surface area (Å²) in [5, 5.41) is 9.03. The predicted octanol–water partition coefficient (Wildman–Crippen LogP) is 2.91. The second-order valence-electron chi connectivity index (χ2n) is 4.66. The molecule has 18 heavy (non-hydrogen) atoms. The van der Waals surface area contributed by atoms with Crippen LogP contribution >= 0.6 is 0 Å². The van der Waals surface area contributed by atoms with Crippen molar-refractivity contribution in [1.82, 2.24) is 0 Å². The van der Waals surface area contributed by atoms with E-state index in [0.717, 1.165) is 43.8 Å². The van der Waals surface area contributed by atoms with Gasteiger partial charge in [0.25, 0.3) is 0 Å². The van der Waals surface area contributed by atoms with Crippen LogP contribution in [0, 0.1) is 5.92 Å². The molecule has 1 fully saturated rings. The number of halogens is 3. The highest BCUT2D eigenvalue weighted by molar-refractivity contribution is 5.48. The van der Waals surface area contributed by atoms with E-state index < -0.39 is 11.7 Å². The highest BCUT2D eigenvalue weighted by Gasteiger charge is 2.30. The van der Waals surface area contributed by atoms with Crippen LogP contribution in [0.5, 0.6) is 0 Å². The van der Waals surface area contributed by atoms with Crippen molar-refractivity contribution in [2.45, 2.75) is 19.0 Å². The molecule has 0 saturated carbocycles. The molecular weight excluding hydrogens is 243 g/mol. The average molecular weight is 259 g/mol. The van der Waals surface area contributed by atoms with Gasteiger partial charge >= 0.3 is 6.18 Å². The van der Waals surface area contributed by atoms with E-state index in [1.54, 1.807) is 0 Å². The Morgan fingerprint density at radius 1 is 1.11 bits per heavy atom. The number of nitrogens with zero attached hydrogens (tertiary/aromatic N) is 1. The molecule has 2 rings (SSSR count).